The number of carbonyl (C=O) groups excluding carboxylic acids is 1. The highest BCUT2D eigenvalue weighted by Crippen LogP contribution is 2.24. The maximum Gasteiger partial charge on any atom is 0.251 e. The molecule has 1 amide bonds. The van der Waals surface area contributed by atoms with Gasteiger partial charge in [0, 0.05) is 5.56 Å². The molecule has 3 heteroatoms. The molecule has 0 bridgehead atoms. The highest BCUT2D eigenvalue weighted by molar-refractivity contribution is 5.94. The largest absolute Gasteiger partial charge is 0.496 e. The van der Waals surface area contributed by atoms with Crippen molar-refractivity contribution in [3.63, 3.8) is 0 Å². The van der Waals surface area contributed by atoms with E-state index in [2.05, 4.69) is 18.3 Å². The Morgan fingerprint density at radius 3 is 2.55 bits per heavy atom. The molecule has 2 aromatic carbocycles. The summed E-state index contributed by atoms with van der Waals surface area (Å²) in [4.78, 5) is 12.4. The number of hydrogen-bond acceptors (Lipinski definition) is 2. The van der Waals surface area contributed by atoms with Crippen molar-refractivity contribution in [1.82, 2.24) is 5.32 Å². The maximum atomic E-state index is 12.4. The van der Waals surface area contributed by atoms with E-state index >= 15 is 0 Å². The van der Waals surface area contributed by atoms with Crippen molar-refractivity contribution in [2.24, 2.45) is 0 Å². The van der Waals surface area contributed by atoms with Gasteiger partial charge in [-0.3, -0.25) is 4.79 Å². The van der Waals surface area contributed by atoms with Crippen LogP contribution >= 0.6 is 0 Å². The average molecular weight is 297 g/mol. The van der Waals surface area contributed by atoms with E-state index in [1.807, 2.05) is 50.2 Å². The second kappa shape index (κ2) is 7.12. The zero-order valence-electron chi connectivity index (χ0n) is 13.6. The van der Waals surface area contributed by atoms with Crippen LogP contribution in [0.15, 0.2) is 42.5 Å². The van der Waals surface area contributed by atoms with Crippen LogP contribution in [0.2, 0.25) is 0 Å². The Labute approximate surface area is 132 Å². The Balaban J connectivity index is 2.18. The number of nitrogens with one attached hydrogen (secondary N) is 1. The number of carbonyl (C=O) groups is 1. The molecule has 0 unspecified atom stereocenters. The van der Waals surface area contributed by atoms with Crippen molar-refractivity contribution in [3.05, 3.63) is 64.7 Å². The van der Waals surface area contributed by atoms with Gasteiger partial charge in [0.2, 0.25) is 0 Å². The Hall–Kier alpha value is -2.29. The third-order valence-corrected chi connectivity index (χ3v) is 3.82. The van der Waals surface area contributed by atoms with Gasteiger partial charge in [-0.1, -0.05) is 36.8 Å². The number of methoxy groups -OCH3 is 1. The monoisotopic (exact) mass is 297 g/mol. The summed E-state index contributed by atoms with van der Waals surface area (Å²) >= 11 is 0. The Kier molecular flexibility index (Phi) is 5.21. The quantitative estimate of drug-likeness (QED) is 0.898. The van der Waals surface area contributed by atoms with Crippen LogP contribution in [0.3, 0.4) is 0 Å². The molecule has 0 saturated heterocycles. The van der Waals surface area contributed by atoms with Gasteiger partial charge in [0.25, 0.3) is 5.91 Å². The maximum absolute atomic E-state index is 12.4. The number of hydrogen-bond donors (Lipinski definition) is 1. The van der Waals surface area contributed by atoms with Crippen LogP contribution in [0.5, 0.6) is 5.75 Å². The summed E-state index contributed by atoms with van der Waals surface area (Å²) in [6.07, 6.45) is 0.837. The summed E-state index contributed by atoms with van der Waals surface area (Å²) in [7, 11) is 1.67. The topological polar surface area (TPSA) is 38.3 Å². The van der Waals surface area contributed by atoms with Gasteiger partial charge < -0.3 is 10.1 Å². The highest BCUT2D eigenvalue weighted by atomic mass is 16.5. The molecular weight excluding hydrogens is 274 g/mol. The summed E-state index contributed by atoms with van der Waals surface area (Å²) in [5.74, 6) is 0.827. The first-order valence-corrected chi connectivity index (χ1v) is 7.57. The summed E-state index contributed by atoms with van der Waals surface area (Å²) in [5.41, 5.74) is 3.95. The van der Waals surface area contributed by atoms with Crippen LogP contribution < -0.4 is 10.1 Å². The summed E-state index contributed by atoms with van der Waals surface area (Å²) in [6, 6.07) is 13.7. The van der Waals surface area contributed by atoms with Crippen LogP contribution in [-0.4, -0.2) is 13.0 Å². The minimum Gasteiger partial charge on any atom is -0.496 e. The van der Waals surface area contributed by atoms with Crippen molar-refractivity contribution >= 4 is 5.91 Å². The van der Waals surface area contributed by atoms with Gasteiger partial charge in [0.05, 0.1) is 13.2 Å². The highest BCUT2D eigenvalue weighted by Gasteiger charge is 2.15. The summed E-state index contributed by atoms with van der Waals surface area (Å²) < 4.78 is 5.29. The second-order valence-corrected chi connectivity index (χ2v) is 5.53. The van der Waals surface area contributed by atoms with Crippen LogP contribution in [0, 0.1) is 13.8 Å². The molecule has 0 aliphatic rings. The van der Waals surface area contributed by atoms with E-state index in [1.165, 1.54) is 0 Å². The molecule has 0 saturated carbocycles. The first-order valence-electron chi connectivity index (χ1n) is 7.57. The molecule has 1 atom stereocenters. The Morgan fingerprint density at radius 1 is 1.18 bits per heavy atom. The fraction of sp³-hybridized carbons (Fsp3) is 0.316. The van der Waals surface area contributed by atoms with E-state index in [4.69, 9.17) is 4.74 Å². The fourth-order valence-corrected chi connectivity index (χ4v) is 2.57. The molecule has 0 heterocycles. The lowest BCUT2D eigenvalue weighted by molar-refractivity contribution is 0.0935. The molecule has 0 radical (unpaired) electrons. The van der Waals surface area contributed by atoms with Crippen molar-refractivity contribution in [2.75, 3.05) is 7.11 Å². The minimum atomic E-state index is -0.0379. The SMILES string of the molecule is CC[C@@H](NC(=O)c1cccc(C)c1)c1ccc(OC)c(C)c1. The third-order valence-electron chi connectivity index (χ3n) is 3.82. The van der Waals surface area contributed by atoms with Crippen LogP contribution in [0.1, 0.15) is 46.4 Å². The van der Waals surface area contributed by atoms with Gasteiger partial charge >= 0.3 is 0 Å². The van der Waals surface area contributed by atoms with Crippen LogP contribution in [-0.2, 0) is 0 Å². The number of aryl methyl sites for hydroxylation is 2. The van der Waals surface area contributed by atoms with Crippen LogP contribution in [0.25, 0.3) is 0 Å². The Bertz CT molecular complexity index is 664. The fourth-order valence-electron chi connectivity index (χ4n) is 2.57. The van der Waals surface area contributed by atoms with Gasteiger partial charge in [-0.2, -0.15) is 0 Å². The number of ether oxygens (including phenoxy) is 1. The normalized spacial score (nSPS) is 11.8. The van der Waals surface area contributed by atoms with E-state index in [-0.39, 0.29) is 11.9 Å². The Morgan fingerprint density at radius 2 is 1.95 bits per heavy atom. The van der Waals surface area contributed by atoms with Crippen molar-refractivity contribution in [2.45, 2.75) is 33.2 Å². The standard InChI is InChI=1S/C19H23NO2/c1-5-17(15-9-10-18(22-4)14(3)12-15)20-19(21)16-8-6-7-13(2)11-16/h6-12,17H,5H2,1-4H3,(H,20,21)/t17-/m1/s1. The van der Waals surface area contributed by atoms with E-state index < -0.39 is 0 Å². The molecule has 2 aromatic rings. The second-order valence-electron chi connectivity index (χ2n) is 5.53. The van der Waals surface area contributed by atoms with Gasteiger partial charge in [0.1, 0.15) is 5.75 Å². The lowest BCUT2D eigenvalue weighted by Gasteiger charge is -2.19. The minimum absolute atomic E-state index is 0.00221. The van der Waals surface area contributed by atoms with Gasteiger partial charge in [-0.15, -0.1) is 0 Å². The lowest BCUT2D eigenvalue weighted by atomic mass is 10.0. The molecule has 116 valence electrons. The first kappa shape index (κ1) is 16.1. The molecule has 3 nitrogen and oxygen atoms in total. The summed E-state index contributed by atoms with van der Waals surface area (Å²) in [6.45, 7) is 6.07. The predicted molar refractivity (Wildman–Crippen MR) is 89.4 cm³/mol. The van der Waals surface area contributed by atoms with E-state index in [0.717, 1.165) is 28.9 Å². The zero-order valence-corrected chi connectivity index (χ0v) is 13.6. The van der Waals surface area contributed by atoms with E-state index in [0.29, 0.717) is 5.56 Å². The molecule has 0 spiro atoms. The van der Waals surface area contributed by atoms with Crippen LogP contribution in [0.4, 0.5) is 0 Å². The molecule has 0 aliphatic heterocycles. The average Bonchev–Trinajstić information content (AvgIpc) is 2.52. The zero-order chi connectivity index (χ0) is 16.1. The molecular formula is C19H23NO2. The molecule has 0 fully saturated rings. The van der Waals surface area contributed by atoms with E-state index in [1.54, 1.807) is 7.11 Å². The number of amides is 1. The van der Waals surface area contributed by atoms with E-state index in [9.17, 15) is 4.79 Å². The number of rotatable bonds is 5. The van der Waals surface area contributed by atoms with Gasteiger partial charge in [-0.05, 0) is 49.6 Å². The molecule has 22 heavy (non-hydrogen) atoms. The lowest BCUT2D eigenvalue weighted by Crippen LogP contribution is -2.28. The molecule has 0 aromatic heterocycles. The first-order chi connectivity index (χ1) is 10.5. The summed E-state index contributed by atoms with van der Waals surface area (Å²) in [5, 5.41) is 3.11. The smallest absolute Gasteiger partial charge is 0.251 e. The van der Waals surface area contributed by atoms with Gasteiger partial charge in [-0.25, -0.2) is 0 Å². The van der Waals surface area contributed by atoms with Crippen molar-refractivity contribution in [3.8, 4) is 5.75 Å². The molecule has 2 rings (SSSR count). The van der Waals surface area contributed by atoms with Crippen molar-refractivity contribution < 1.29 is 9.53 Å². The predicted octanol–water partition coefficient (Wildman–Crippen LogP) is 4.19. The molecule has 1 N–H and O–H groups in total. The number of benzene rings is 2. The third kappa shape index (κ3) is 3.67. The molecule has 0 aliphatic carbocycles. The van der Waals surface area contributed by atoms with Crippen molar-refractivity contribution in [1.29, 1.82) is 0 Å². The van der Waals surface area contributed by atoms with Gasteiger partial charge in [0.15, 0.2) is 0 Å².